The van der Waals surface area contributed by atoms with Crippen LogP contribution >= 0.6 is 0 Å². The van der Waals surface area contributed by atoms with Gasteiger partial charge in [0, 0.05) is 5.56 Å². The van der Waals surface area contributed by atoms with Crippen molar-refractivity contribution in [2.45, 2.75) is 26.8 Å². The van der Waals surface area contributed by atoms with E-state index in [0.29, 0.717) is 0 Å². The summed E-state index contributed by atoms with van der Waals surface area (Å²) in [6, 6.07) is 10.0. The third-order valence-electron chi connectivity index (χ3n) is 3.84. The zero-order valence-corrected chi connectivity index (χ0v) is 13.4. The summed E-state index contributed by atoms with van der Waals surface area (Å²) in [5, 5.41) is 0. The molecule has 0 aromatic heterocycles. The summed E-state index contributed by atoms with van der Waals surface area (Å²) >= 11 is 0. The van der Waals surface area contributed by atoms with Gasteiger partial charge in [0.05, 0.1) is 20.3 Å². The van der Waals surface area contributed by atoms with E-state index in [0.717, 1.165) is 39.3 Å². The summed E-state index contributed by atoms with van der Waals surface area (Å²) < 4.78 is 10.8. The number of methoxy groups -OCH3 is 2. The molecule has 0 fully saturated rings. The van der Waals surface area contributed by atoms with Gasteiger partial charge in [-0.25, -0.2) is 0 Å². The van der Waals surface area contributed by atoms with Gasteiger partial charge in [0.1, 0.15) is 11.5 Å². The van der Waals surface area contributed by atoms with Gasteiger partial charge in [-0.15, -0.1) is 0 Å². The molecule has 0 bridgehead atoms. The SMILES string of the molecule is COc1cc(C)c(C(N)c2ccc(C)cc2OC)cc1C. The topological polar surface area (TPSA) is 44.5 Å². The van der Waals surface area contributed by atoms with Crippen molar-refractivity contribution < 1.29 is 9.47 Å². The molecule has 3 heteroatoms. The van der Waals surface area contributed by atoms with Crippen LogP contribution in [0.5, 0.6) is 11.5 Å². The Morgan fingerprint density at radius 3 is 2.10 bits per heavy atom. The van der Waals surface area contributed by atoms with Crippen molar-refractivity contribution in [1.29, 1.82) is 0 Å². The van der Waals surface area contributed by atoms with Crippen molar-refractivity contribution in [1.82, 2.24) is 0 Å². The first kappa shape index (κ1) is 15.4. The number of ether oxygens (including phenoxy) is 2. The molecule has 2 rings (SSSR count). The van der Waals surface area contributed by atoms with Crippen LogP contribution < -0.4 is 15.2 Å². The summed E-state index contributed by atoms with van der Waals surface area (Å²) in [5.74, 6) is 1.72. The second-order valence-corrected chi connectivity index (χ2v) is 5.40. The zero-order valence-electron chi connectivity index (χ0n) is 13.4. The van der Waals surface area contributed by atoms with Crippen LogP contribution in [0.3, 0.4) is 0 Å². The van der Waals surface area contributed by atoms with Crippen molar-refractivity contribution in [3.05, 3.63) is 58.1 Å². The van der Waals surface area contributed by atoms with Crippen molar-refractivity contribution in [3.63, 3.8) is 0 Å². The van der Waals surface area contributed by atoms with Crippen LogP contribution in [0.1, 0.15) is 33.9 Å². The molecule has 2 aromatic carbocycles. The number of benzene rings is 2. The summed E-state index contributed by atoms with van der Waals surface area (Å²) in [6.07, 6.45) is 0. The molecule has 0 saturated carbocycles. The van der Waals surface area contributed by atoms with Gasteiger partial charge in [-0.2, -0.15) is 0 Å². The van der Waals surface area contributed by atoms with Gasteiger partial charge in [0.2, 0.25) is 0 Å². The molecule has 1 atom stereocenters. The summed E-state index contributed by atoms with van der Waals surface area (Å²) in [4.78, 5) is 0. The van der Waals surface area contributed by atoms with Crippen LogP contribution in [0.4, 0.5) is 0 Å². The van der Waals surface area contributed by atoms with Crippen molar-refractivity contribution in [3.8, 4) is 11.5 Å². The van der Waals surface area contributed by atoms with E-state index >= 15 is 0 Å². The largest absolute Gasteiger partial charge is 0.496 e. The Labute approximate surface area is 126 Å². The molecule has 0 amide bonds. The van der Waals surface area contributed by atoms with E-state index in [9.17, 15) is 0 Å². The lowest BCUT2D eigenvalue weighted by Crippen LogP contribution is -2.15. The first-order valence-electron chi connectivity index (χ1n) is 7.03. The fourth-order valence-corrected chi connectivity index (χ4v) is 2.61. The monoisotopic (exact) mass is 285 g/mol. The fourth-order valence-electron chi connectivity index (χ4n) is 2.61. The van der Waals surface area contributed by atoms with Crippen LogP contribution in [0.25, 0.3) is 0 Å². The minimum absolute atomic E-state index is 0.217. The Morgan fingerprint density at radius 2 is 1.48 bits per heavy atom. The number of hydrogen-bond donors (Lipinski definition) is 1. The molecule has 0 aliphatic carbocycles. The summed E-state index contributed by atoms with van der Waals surface area (Å²) in [7, 11) is 3.36. The van der Waals surface area contributed by atoms with Crippen molar-refractivity contribution in [2.24, 2.45) is 5.73 Å². The molecule has 3 nitrogen and oxygen atoms in total. The molecule has 0 aliphatic rings. The van der Waals surface area contributed by atoms with Gasteiger partial charge < -0.3 is 15.2 Å². The Balaban J connectivity index is 2.50. The summed E-state index contributed by atoms with van der Waals surface area (Å²) in [5.41, 5.74) is 11.9. The molecule has 2 N–H and O–H groups in total. The average Bonchev–Trinajstić information content (AvgIpc) is 2.48. The highest BCUT2D eigenvalue weighted by Gasteiger charge is 2.17. The number of hydrogen-bond acceptors (Lipinski definition) is 3. The molecule has 0 radical (unpaired) electrons. The summed E-state index contributed by atoms with van der Waals surface area (Å²) in [6.45, 7) is 6.12. The van der Waals surface area contributed by atoms with E-state index in [1.165, 1.54) is 0 Å². The quantitative estimate of drug-likeness (QED) is 0.932. The lowest BCUT2D eigenvalue weighted by molar-refractivity contribution is 0.407. The first-order valence-corrected chi connectivity index (χ1v) is 7.03. The third-order valence-corrected chi connectivity index (χ3v) is 3.84. The van der Waals surface area contributed by atoms with E-state index in [2.05, 4.69) is 19.1 Å². The predicted octanol–water partition coefficient (Wildman–Crippen LogP) is 3.68. The van der Waals surface area contributed by atoms with Crippen LogP contribution in [-0.2, 0) is 0 Å². The highest BCUT2D eigenvalue weighted by Crippen LogP contribution is 2.33. The van der Waals surface area contributed by atoms with E-state index in [4.69, 9.17) is 15.2 Å². The van der Waals surface area contributed by atoms with E-state index in [1.807, 2.05) is 32.0 Å². The standard InChI is InChI=1S/C18H23NO2/c1-11-6-7-14(17(8-11)21-5)18(19)15-9-13(3)16(20-4)10-12(15)2/h6-10,18H,19H2,1-5H3. The van der Waals surface area contributed by atoms with Crippen molar-refractivity contribution in [2.75, 3.05) is 14.2 Å². The maximum atomic E-state index is 6.48. The molecule has 0 spiro atoms. The Kier molecular flexibility index (Phi) is 4.53. The Morgan fingerprint density at radius 1 is 0.810 bits per heavy atom. The second-order valence-electron chi connectivity index (χ2n) is 5.40. The van der Waals surface area contributed by atoms with Crippen molar-refractivity contribution >= 4 is 0 Å². The highest BCUT2D eigenvalue weighted by atomic mass is 16.5. The fraction of sp³-hybridized carbons (Fsp3) is 0.333. The van der Waals surface area contributed by atoms with Gasteiger partial charge in [-0.1, -0.05) is 18.2 Å². The predicted molar refractivity (Wildman–Crippen MR) is 86.2 cm³/mol. The third kappa shape index (κ3) is 3.03. The van der Waals surface area contributed by atoms with Crippen LogP contribution in [-0.4, -0.2) is 14.2 Å². The van der Waals surface area contributed by atoms with Gasteiger partial charge in [-0.05, 0) is 55.2 Å². The van der Waals surface area contributed by atoms with Crippen LogP contribution in [0, 0.1) is 20.8 Å². The molecule has 0 saturated heterocycles. The van der Waals surface area contributed by atoms with E-state index in [-0.39, 0.29) is 6.04 Å². The molecule has 0 aliphatic heterocycles. The molecule has 1 unspecified atom stereocenters. The van der Waals surface area contributed by atoms with E-state index < -0.39 is 0 Å². The highest BCUT2D eigenvalue weighted by molar-refractivity contribution is 5.49. The molecule has 2 aromatic rings. The number of nitrogens with two attached hydrogens (primary N) is 1. The van der Waals surface area contributed by atoms with Gasteiger partial charge in [0.15, 0.2) is 0 Å². The van der Waals surface area contributed by atoms with Crippen LogP contribution in [0.2, 0.25) is 0 Å². The van der Waals surface area contributed by atoms with Crippen LogP contribution in [0.15, 0.2) is 30.3 Å². The van der Waals surface area contributed by atoms with Gasteiger partial charge in [-0.3, -0.25) is 0 Å². The molecular weight excluding hydrogens is 262 g/mol. The first-order chi connectivity index (χ1) is 9.97. The minimum Gasteiger partial charge on any atom is -0.496 e. The molecular formula is C18H23NO2. The second kappa shape index (κ2) is 6.19. The number of aryl methyl sites for hydroxylation is 3. The zero-order chi connectivity index (χ0) is 15.6. The van der Waals surface area contributed by atoms with E-state index in [1.54, 1.807) is 14.2 Å². The molecule has 21 heavy (non-hydrogen) atoms. The maximum Gasteiger partial charge on any atom is 0.124 e. The average molecular weight is 285 g/mol. The number of rotatable bonds is 4. The normalized spacial score (nSPS) is 12.1. The lowest BCUT2D eigenvalue weighted by Gasteiger charge is -2.20. The van der Waals surface area contributed by atoms with Gasteiger partial charge in [0.25, 0.3) is 0 Å². The Hall–Kier alpha value is -2.00. The minimum atomic E-state index is -0.217. The lowest BCUT2D eigenvalue weighted by atomic mass is 9.92. The maximum absolute atomic E-state index is 6.48. The molecule has 112 valence electrons. The Bertz CT molecular complexity index is 650. The molecule has 0 heterocycles. The smallest absolute Gasteiger partial charge is 0.124 e. The van der Waals surface area contributed by atoms with Gasteiger partial charge >= 0.3 is 0 Å².